The first-order valence-corrected chi connectivity index (χ1v) is 6.90. The molecule has 19 heavy (non-hydrogen) atoms. The van der Waals surface area contributed by atoms with Gasteiger partial charge in [0.25, 0.3) is 0 Å². The Labute approximate surface area is 114 Å². The zero-order chi connectivity index (χ0) is 14.1. The first-order chi connectivity index (χ1) is 9.15. The first kappa shape index (κ1) is 15.9. The van der Waals surface area contributed by atoms with Gasteiger partial charge in [0.05, 0.1) is 32.4 Å². The van der Waals surface area contributed by atoms with Crippen molar-refractivity contribution < 1.29 is 19.1 Å². The maximum Gasteiger partial charge on any atom is 0.319 e. The Bertz CT molecular complexity index is 290. The maximum atomic E-state index is 12.0. The third-order valence-electron chi connectivity index (χ3n) is 3.01. The van der Waals surface area contributed by atoms with Gasteiger partial charge in [0.15, 0.2) is 0 Å². The largest absolute Gasteiger partial charge is 0.465 e. The van der Waals surface area contributed by atoms with Crippen LogP contribution in [-0.4, -0.2) is 62.3 Å². The first-order valence-electron chi connectivity index (χ1n) is 6.90. The molecule has 0 radical (unpaired) electrons. The van der Waals surface area contributed by atoms with E-state index in [0.717, 1.165) is 12.8 Å². The molecule has 1 N–H and O–H groups in total. The number of unbranched alkanes of at least 4 members (excludes halogenated alkanes) is 1. The molecule has 1 saturated heterocycles. The maximum absolute atomic E-state index is 12.0. The molecule has 6 heteroatoms. The Kier molecular flexibility index (Phi) is 7.43. The Morgan fingerprint density at radius 3 is 2.68 bits per heavy atom. The smallest absolute Gasteiger partial charge is 0.319 e. The molecule has 1 heterocycles. The van der Waals surface area contributed by atoms with Crippen molar-refractivity contribution in [3.63, 3.8) is 0 Å². The molecule has 1 aliphatic heterocycles. The number of nitrogens with one attached hydrogen (secondary N) is 1. The molecule has 0 aromatic carbocycles. The predicted octanol–water partition coefficient (Wildman–Crippen LogP) is 0.167. The number of hydrogen-bond acceptors (Lipinski definition) is 5. The van der Waals surface area contributed by atoms with Gasteiger partial charge in [0, 0.05) is 13.1 Å². The lowest BCUT2D eigenvalue weighted by molar-refractivity contribution is -0.143. The van der Waals surface area contributed by atoms with E-state index in [4.69, 9.17) is 9.47 Å². The summed E-state index contributed by atoms with van der Waals surface area (Å²) in [5.41, 5.74) is 0. The van der Waals surface area contributed by atoms with Gasteiger partial charge in [-0.15, -0.1) is 0 Å². The van der Waals surface area contributed by atoms with Crippen LogP contribution in [0, 0.1) is 0 Å². The van der Waals surface area contributed by atoms with Crippen molar-refractivity contribution in [1.82, 2.24) is 10.2 Å². The van der Waals surface area contributed by atoms with Crippen molar-refractivity contribution in [1.29, 1.82) is 0 Å². The molecule has 1 unspecified atom stereocenters. The number of ether oxygens (including phenoxy) is 2. The minimum atomic E-state index is -0.378. The molecule has 1 fully saturated rings. The third-order valence-corrected chi connectivity index (χ3v) is 3.01. The van der Waals surface area contributed by atoms with Gasteiger partial charge < -0.3 is 14.4 Å². The summed E-state index contributed by atoms with van der Waals surface area (Å²) in [6.07, 6.45) is 1.86. The Balaban J connectivity index is 2.20. The second-order valence-corrected chi connectivity index (χ2v) is 4.61. The van der Waals surface area contributed by atoms with E-state index in [2.05, 4.69) is 5.32 Å². The summed E-state index contributed by atoms with van der Waals surface area (Å²) in [6, 6.07) is -0.378. The molecule has 1 atom stereocenters. The minimum Gasteiger partial charge on any atom is -0.465 e. The fourth-order valence-corrected chi connectivity index (χ4v) is 1.76. The predicted molar refractivity (Wildman–Crippen MR) is 70.7 cm³/mol. The Morgan fingerprint density at radius 1 is 1.37 bits per heavy atom. The van der Waals surface area contributed by atoms with E-state index in [9.17, 15) is 9.59 Å². The van der Waals surface area contributed by atoms with Crippen molar-refractivity contribution in [2.24, 2.45) is 0 Å². The number of nitrogens with zero attached hydrogens (tertiary/aromatic N) is 1. The number of esters is 1. The molecular formula is C13H24N2O4. The van der Waals surface area contributed by atoms with Gasteiger partial charge in [0.1, 0.15) is 0 Å². The summed E-state index contributed by atoms with van der Waals surface area (Å²) in [6.45, 7) is 6.71. The van der Waals surface area contributed by atoms with Crippen molar-refractivity contribution >= 4 is 11.9 Å². The molecule has 0 bridgehead atoms. The summed E-state index contributed by atoms with van der Waals surface area (Å²) >= 11 is 0. The molecule has 6 nitrogen and oxygen atoms in total. The van der Waals surface area contributed by atoms with Crippen LogP contribution >= 0.6 is 0 Å². The molecule has 0 aromatic heterocycles. The fourth-order valence-electron chi connectivity index (χ4n) is 1.76. The lowest BCUT2D eigenvalue weighted by atomic mass is 10.2. The average molecular weight is 272 g/mol. The van der Waals surface area contributed by atoms with Gasteiger partial charge in [-0.05, 0) is 13.3 Å². The van der Waals surface area contributed by atoms with Crippen LogP contribution in [0.3, 0.4) is 0 Å². The second kappa shape index (κ2) is 8.87. The standard InChI is InChI=1S/C13H24N2O4/c1-3-4-7-19-12(16)10-14-11(2)13(17)15-5-8-18-9-6-15/h11,14H,3-10H2,1-2H3. The summed E-state index contributed by atoms with van der Waals surface area (Å²) in [5, 5.41) is 2.90. The Hall–Kier alpha value is -1.14. The number of carbonyl (C=O) groups excluding carboxylic acids is 2. The Morgan fingerprint density at radius 2 is 2.05 bits per heavy atom. The quantitative estimate of drug-likeness (QED) is 0.528. The molecule has 1 aliphatic rings. The van der Waals surface area contributed by atoms with Crippen LogP contribution in [0.25, 0.3) is 0 Å². The van der Waals surface area contributed by atoms with E-state index in [1.54, 1.807) is 11.8 Å². The van der Waals surface area contributed by atoms with E-state index in [0.29, 0.717) is 32.9 Å². The van der Waals surface area contributed by atoms with Crippen LogP contribution in [0.2, 0.25) is 0 Å². The minimum absolute atomic E-state index is 0.00431. The fraction of sp³-hybridized carbons (Fsp3) is 0.846. The molecule has 110 valence electrons. The topological polar surface area (TPSA) is 67.9 Å². The van der Waals surface area contributed by atoms with Crippen LogP contribution in [0.4, 0.5) is 0 Å². The van der Waals surface area contributed by atoms with E-state index in [1.807, 2.05) is 6.92 Å². The molecule has 0 aliphatic carbocycles. The number of hydrogen-bond donors (Lipinski definition) is 1. The van der Waals surface area contributed by atoms with Gasteiger partial charge in [-0.3, -0.25) is 14.9 Å². The number of carbonyl (C=O) groups is 2. The lowest BCUT2D eigenvalue weighted by Gasteiger charge is -2.29. The monoisotopic (exact) mass is 272 g/mol. The van der Waals surface area contributed by atoms with Crippen molar-refractivity contribution in [2.45, 2.75) is 32.7 Å². The van der Waals surface area contributed by atoms with Crippen molar-refractivity contribution in [3.8, 4) is 0 Å². The summed E-state index contributed by atoms with van der Waals surface area (Å²) in [4.78, 5) is 25.2. The third kappa shape index (κ3) is 6.02. The molecule has 1 rings (SSSR count). The summed E-state index contributed by atoms with van der Waals surface area (Å²) in [5.74, 6) is -0.306. The van der Waals surface area contributed by atoms with Crippen LogP contribution in [0.1, 0.15) is 26.7 Å². The highest BCUT2D eigenvalue weighted by Crippen LogP contribution is 2.00. The number of amides is 1. The van der Waals surface area contributed by atoms with Gasteiger partial charge in [-0.1, -0.05) is 13.3 Å². The SMILES string of the molecule is CCCCOC(=O)CNC(C)C(=O)N1CCOCC1. The average Bonchev–Trinajstić information content (AvgIpc) is 2.45. The zero-order valence-electron chi connectivity index (χ0n) is 11.8. The molecule has 0 aromatic rings. The van der Waals surface area contributed by atoms with E-state index < -0.39 is 0 Å². The zero-order valence-corrected chi connectivity index (χ0v) is 11.8. The van der Waals surface area contributed by atoms with Crippen molar-refractivity contribution in [2.75, 3.05) is 39.5 Å². The van der Waals surface area contributed by atoms with E-state index in [1.165, 1.54) is 0 Å². The van der Waals surface area contributed by atoms with Gasteiger partial charge >= 0.3 is 5.97 Å². The molecule has 1 amide bonds. The van der Waals surface area contributed by atoms with Gasteiger partial charge in [-0.25, -0.2) is 0 Å². The highest BCUT2D eigenvalue weighted by Gasteiger charge is 2.22. The van der Waals surface area contributed by atoms with Crippen LogP contribution in [-0.2, 0) is 19.1 Å². The normalized spacial score (nSPS) is 17.1. The molecular weight excluding hydrogens is 248 g/mol. The second-order valence-electron chi connectivity index (χ2n) is 4.61. The van der Waals surface area contributed by atoms with Gasteiger partial charge in [0.2, 0.25) is 5.91 Å². The summed E-state index contributed by atoms with van der Waals surface area (Å²) < 4.78 is 10.2. The van der Waals surface area contributed by atoms with E-state index >= 15 is 0 Å². The van der Waals surface area contributed by atoms with Crippen molar-refractivity contribution in [3.05, 3.63) is 0 Å². The van der Waals surface area contributed by atoms with Crippen LogP contribution < -0.4 is 5.32 Å². The van der Waals surface area contributed by atoms with Crippen LogP contribution in [0.5, 0.6) is 0 Å². The highest BCUT2D eigenvalue weighted by atomic mass is 16.5. The highest BCUT2D eigenvalue weighted by molar-refractivity contribution is 5.82. The van der Waals surface area contributed by atoms with Gasteiger partial charge in [-0.2, -0.15) is 0 Å². The van der Waals surface area contributed by atoms with E-state index in [-0.39, 0.29) is 24.5 Å². The number of morpholine rings is 1. The lowest BCUT2D eigenvalue weighted by Crippen LogP contribution is -2.50. The van der Waals surface area contributed by atoms with Crippen LogP contribution in [0.15, 0.2) is 0 Å². The summed E-state index contributed by atoms with van der Waals surface area (Å²) in [7, 11) is 0. The molecule has 0 saturated carbocycles. The molecule has 0 spiro atoms. The number of rotatable bonds is 7.